The zero-order chi connectivity index (χ0) is 11.8. The largest absolute Gasteiger partial charge is 0.462 e. The minimum Gasteiger partial charge on any atom is -0.462 e. The van der Waals surface area contributed by atoms with Gasteiger partial charge in [-0.3, -0.25) is 4.79 Å². The monoisotopic (exact) mass is 222 g/mol. The first kappa shape index (κ1) is 11.7. The van der Waals surface area contributed by atoms with Crippen molar-refractivity contribution in [1.29, 1.82) is 0 Å². The van der Waals surface area contributed by atoms with E-state index in [2.05, 4.69) is 19.6 Å². The molecular formula is C14H22O2. The second kappa shape index (κ2) is 4.23. The van der Waals surface area contributed by atoms with E-state index in [0.717, 1.165) is 6.42 Å². The van der Waals surface area contributed by atoms with Gasteiger partial charge in [-0.15, -0.1) is 6.58 Å². The summed E-state index contributed by atoms with van der Waals surface area (Å²) in [5.41, 5.74) is 0.320. The number of carbonyl (C=O) groups is 1. The Morgan fingerprint density at radius 3 is 2.81 bits per heavy atom. The van der Waals surface area contributed by atoms with E-state index in [1.165, 1.54) is 32.6 Å². The van der Waals surface area contributed by atoms with Gasteiger partial charge in [0.25, 0.3) is 0 Å². The molecule has 2 rings (SSSR count). The van der Waals surface area contributed by atoms with Crippen LogP contribution in [0.2, 0.25) is 0 Å². The molecule has 4 atom stereocenters. The van der Waals surface area contributed by atoms with Crippen molar-refractivity contribution >= 4 is 5.97 Å². The van der Waals surface area contributed by atoms with Crippen LogP contribution in [0, 0.1) is 17.3 Å². The lowest BCUT2D eigenvalue weighted by Crippen LogP contribution is -2.41. The molecule has 0 aliphatic heterocycles. The Bertz CT molecular complexity index is 297. The Balaban J connectivity index is 2.16. The van der Waals surface area contributed by atoms with E-state index < -0.39 is 0 Å². The van der Waals surface area contributed by atoms with Crippen LogP contribution in [0.5, 0.6) is 0 Å². The molecule has 2 aliphatic carbocycles. The fourth-order valence-corrected chi connectivity index (χ4v) is 3.90. The van der Waals surface area contributed by atoms with Crippen molar-refractivity contribution in [2.24, 2.45) is 17.3 Å². The predicted molar refractivity (Wildman–Crippen MR) is 63.9 cm³/mol. The van der Waals surface area contributed by atoms with Crippen molar-refractivity contribution in [1.82, 2.24) is 0 Å². The topological polar surface area (TPSA) is 26.3 Å². The predicted octanol–water partition coefficient (Wildman–Crippen LogP) is 3.32. The van der Waals surface area contributed by atoms with Crippen molar-refractivity contribution in [2.75, 3.05) is 0 Å². The zero-order valence-electron chi connectivity index (χ0n) is 10.4. The second-order valence-corrected chi connectivity index (χ2v) is 5.57. The molecule has 2 fully saturated rings. The molecule has 2 aliphatic rings. The van der Waals surface area contributed by atoms with Gasteiger partial charge in [0.15, 0.2) is 0 Å². The lowest BCUT2D eigenvalue weighted by atomic mass is 9.64. The van der Waals surface area contributed by atoms with E-state index in [1.54, 1.807) is 0 Å². The van der Waals surface area contributed by atoms with E-state index in [9.17, 15) is 4.79 Å². The summed E-state index contributed by atoms with van der Waals surface area (Å²) in [4.78, 5) is 11.1. The summed E-state index contributed by atoms with van der Waals surface area (Å²) in [7, 11) is 0. The van der Waals surface area contributed by atoms with Crippen LogP contribution in [0.25, 0.3) is 0 Å². The number of rotatable bonds is 2. The van der Waals surface area contributed by atoms with Crippen LogP contribution in [0.3, 0.4) is 0 Å². The van der Waals surface area contributed by atoms with Gasteiger partial charge in [-0.25, -0.2) is 0 Å². The van der Waals surface area contributed by atoms with Gasteiger partial charge in [0.05, 0.1) is 0 Å². The van der Waals surface area contributed by atoms with Crippen molar-refractivity contribution < 1.29 is 9.53 Å². The highest BCUT2D eigenvalue weighted by Gasteiger charge is 2.51. The van der Waals surface area contributed by atoms with Gasteiger partial charge in [0.1, 0.15) is 6.10 Å². The molecule has 0 amide bonds. The molecule has 0 aromatic carbocycles. The van der Waals surface area contributed by atoms with Gasteiger partial charge in [-0.2, -0.15) is 0 Å². The summed E-state index contributed by atoms with van der Waals surface area (Å²) in [5.74, 6) is 1.03. The van der Waals surface area contributed by atoms with E-state index in [-0.39, 0.29) is 12.1 Å². The summed E-state index contributed by atoms with van der Waals surface area (Å²) in [5, 5.41) is 0. The Hall–Kier alpha value is -0.790. The highest BCUT2D eigenvalue weighted by Crippen LogP contribution is 2.56. The van der Waals surface area contributed by atoms with Gasteiger partial charge in [-0.1, -0.05) is 13.0 Å². The van der Waals surface area contributed by atoms with Crippen molar-refractivity contribution in [3.05, 3.63) is 12.7 Å². The first-order valence-electron chi connectivity index (χ1n) is 6.37. The number of carbonyl (C=O) groups excluding carboxylic acids is 1. The van der Waals surface area contributed by atoms with Gasteiger partial charge < -0.3 is 4.74 Å². The highest BCUT2D eigenvalue weighted by molar-refractivity contribution is 5.66. The van der Waals surface area contributed by atoms with Crippen LogP contribution in [0.1, 0.15) is 46.0 Å². The number of allylic oxidation sites excluding steroid dienone is 1. The third-order valence-corrected chi connectivity index (χ3v) is 4.74. The van der Waals surface area contributed by atoms with Crippen LogP contribution in [0.15, 0.2) is 12.7 Å². The van der Waals surface area contributed by atoms with E-state index in [4.69, 9.17) is 4.74 Å². The van der Waals surface area contributed by atoms with Crippen LogP contribution in [-0.2, 0) is 9.53 Å². The molecule has 2 nitrogen and oxygen atoms in total. The molecule has 2 heteroatoms. The Morgan fingerprint density at radius 1 is 1.44 bits per heavy atom. The van der Waals surface area contributed by atoms with Gasteiger partial charge >= 0.3 is 5.97 Å². The molecule has 0 bridgehead atoms. The molecular weight excluding hydrogens is 200 g/mol. The second-order valence-electron chi connectivity index (χ2n) is 5.57. The van der Waals surface area contributed by atoms with Crippen molar-refractivity contribution in [2.45, 2.75) is 52.1 Å². The minimum atomic E-state index is -0.128. The normalized spacial score (nSPS) is 42.5. The molecule has 16 heavy (non-hydrogen) atoms. The molecule has 0 N–H and O–H groups in total. The maximum Gasteiger partial charge on any atom is 0.302 e. The maximum atomic E-state index is 11.1. The van der Waals surface area contributed by atoms with Crippen LogP contribution in [0.4, 0.5) is 0 Å². The number of fused-ring (bicyclic) bond motifs is 1. The van der Waals surface area contributed by atoms with Crippen molar-refractivity contribution in [3.8, 4) is 0 Å². The van der Waals surface area contributed by atoms with E-state index in [0.29, 0.717) is 17.3 Å². The first-order chi connectivity index (χ1) is 7.58. The lowest BCUT2D eigenvalue weighted by molar-refractivity contribution is -0.154. The van der Waals surface area contributed by atoms with Crippen LogP contribution in [-0.4, -0.2) is 12.1 Å². The summed E-state index contributed by atoms with van der Waals surface area (Å²) in [6, 6.07) is 0. The summed E-state index contributed by atoms with van der Waals surface area (Å²) >= 11 is 0. The maximum absolute atomic E-state index is 11.1. The Labute approximate surface area is 98.1 Å². The molecule has 0 heterocycles. The quantitative estimate of drug-likeness (QED) is 0.529. The third-order valence-electron chi connectivity index (χ3n) is 4.74. The SMILES string of the molecule is C=CC1CCC2C(OC(C)=O)CCCC12C. The molecule has 0 aromatic heterocycles. The zero-order valence-corrected chi connectivity index (χ0v) is 10.4. The highest BCUT2D eigenvalue weighted by atomic mass is 16.5. The molecule has 0 radical (unpaired) electrons. The number of hydrogen-bond donors (Lipinski definition) is 0. The van der Waals surface area contributed by atoms with Crippen molar-refractivity contribution in [3.63, 3.8) is 0 Å². The van der Waals surface area contributed by atoms with Gasteiger partial charge in [-0.05, 0) is 43.4 Å². The van der Waals surface area contributed by atoms with E-state index in [1.807, 2.05) is 0 Å². The van der Waals surface area contributed by atoms with E-state index >= 15 is 0 Å². The Kier molecular flexibility index (Phi) is 3.09. The van der Waals surface area contributed by atoms with Gasteiger partial charge in [0, 0.05) is 12.8 Å². The fraction of sp³-hybridized carbons (Fsp3) is 0.786. The molecule has 4 unspecified atom stereocenters. The van der Waals surface area contributed by atoms with Gasteiger partial charge in [0.2, 0.25) is 0 Å². The average molecular weight is 222 g/mol. The fourth-order valence-electron chi connectivity index (χ4n) is 3.90. The number of hydrogen-bond acceptors (Lipinski definition) is 2. The molecule has 90 valence electrons. The van der Waals surface area contributed by atoms with Crippen LogP contribution < -0.4 is 0 Å². The standard InChI is InChI=1S/C14H22O2/c1-4-11-7-8-12-13(16-10(2)15)6-5-9-14(11,12)3/h4,11-13H,1,5-9H2,2-3H3. The minimum absolute atomic E-state index is 0.128. The lowest BCUT2D eigenvalue weighted by Gasteiger charge is -2.43. The summed E-state index contributed by atoms with van der Waals surface area (Å²) < 4.78 is 5.49. The Morgan fingerprint density at radius 2 is 2.19 bits per heavy atom. The number of ether oxygens (including phenoxy) is 1. The van der Waals surface area contributed by atoms with Crippen LogP contribution >= 0.6 is 0 Å². The molecule has 2 saturated carbocycles. The molecule has 0 aromatic rings. The number of esters is 1. The summed E-state index contributed by atoms with van der Waals surface area (Å²) in [6.45, 7) is 7.83. The third kappa shape index (κ3) is 1.79. The first-order valence-corrected chi connectivity index (χ1v) is 6.37. The summed E-state index contributed by atoms with van der Waals surface area (Å²) in [6.07, 6.45) is 8.13. The molecule has 0 saturated heterocycles. The smallest absolute Gasteiger partial charge is 0.302 e. The average Bonchev–Trinajstić information content (AvgIpc) is 2.54. The molecule has 0 spiro atoms.